The summed E-state index contributed by atoms with van der Waals surface area (Å²) in [6.07, 6.45) is 1.41. The first-order chi connectivity index (χ1) is 11.2. The molecule has 0 saturated heterocycles. The summed E-state index contributed by atoms with van der Waals surface area (Å²) < 4.78 is 10.5. The Hall–Kier alpha value is -2.82. The molecule has 118 valence electrons. The van der Waals surface area contributed by atoms with Gasteiger partial charge in [-0.1, -0.05) is 12.1 Å². The summed E-state index contributed by atoms with van der Waals surface area (Å²) in [5, 5.41) is 0.741. The van der Waals surface area contributed by atoms with Crippen LogP contribution in [0.1, 0.15) is 30.0 Å². The van der Waals surface area contributed by atoms with Gasteiger partial charge in [0.15, 0.2) is 5.76 Å². The maximum Gasteiger partial charge on any atom is 0.349 e. The molecule has 0 spiro atoms. The second-order valence-electron chi connectivity index (χ2n) is 5.09. The van der Waals surface area contributed by atoms with Crippen LogP contribution in [-0.4, -0.2) is 18.9 Å². The molecule has 0 amide bonds. The number of rotatable bonds is 5. The zero-order chi connectivity index (χ0) is 16.4. The zero-order valence-electron chi connectivity index (χ0n) is 13.0. The highest BCUT2D eigenvalue weighted by atomic mass is 16.4. The molecule has 0 aliphatic rings. The summed E-state index contributed by atoms with van der Waals surface area (Å²) in [5.41, 5.74) is 0.438. The summed E-state index contributed by atoms with van der Waals surface area (Å²) in [5.74, 6) is -0.336. The second kappa shape index (κ2) is 6.12. The van der Waals surface area contributed by atoms with E-state index >= 15 is 0 Å². The van der Waals surface area contributed by atoms with Crippen LogP contribution in [0.2, 0.25) is 0 Å². The molecule has 2 aromatic heterocycles. The highest BCUT2D eigenvalue weighted by Crippen LogP contribution is 2.30. The maximum absolute atomic E-state index is 12.7. The van der Waals surface area contributed by atoms with Gasteiger partial charge in [0.2, 0.25) is 5.78 Å². The van der Waals surface area contributed by atoms with E-state index in [9.17, 15) is 9.59 Å². The van der Waals surface area contributed by atoms with Gasteiger partial charge in [-0.25, -0.2) is 4.79 Å². The molecule has 0 fully saturated rings. The van der Waals surface area contributed by atoms with Crippen LogP contribution in [-0.2, 0) is 0 Å². The van der Waals surface area contributed by atoms with Crippen LogP contribution >= 0.6 is 0 Å². The Balaban J connectivity index is 2.36. The molecule has 0 unspecified atom stereocenters. The SMILES string of the molecule is CCN(CC)c1c(C(=O)c2ccco2)c(=O)oc2ccccc12. The Morgan fingerprint density at radius 1 is 1.09 bits per heavy atom. The monoisotopic (exact) mass is 311 g/mol. The van der Waals surface area contributed by atoms with Crippen LogP contribution in [0.5, 0.6) is 0 Å². The van der Waals surface area contributed by atoms with Crippen LogP contribution in [0.4, 0.5) is 5.69 Å². The predicted molar refractivity (Wildman–Crippen MR) is 88.2 cm³/mol. The van der Waals surface area contributed by atoms with E-state index in [1.54, 1.807) is 24.3 Å². The van der Waals surface area contributed by atoms with Gasteiger partial charge in [0.1, 0.15) is 11.1 Å². The van der Waals surface area contributed by atoms with Crippen molar-refractivity contribution >= 4 is 22.4 Å². The Morgan fingerprint density at radius 2 is 1.83 bits per heavy atom. The molecule has 0 saturated carbocycles. The Morgan fingerprint density at radius 3 is 2.48 bits per heavy atom. The van der Waals surface area contributed by atoms with Crippen LogP contribution in [0.25, 0.3) is 11.0 Å². The lowest BCUT2D eigenvalue weighted by Crippen LogP contribution is -2.28. The largest absolute Gasteiger partial charge is 0.461 e. The summed E-state index contributed by atoms with van der Waals surface area (Å²) >= 11 is 0. The van der Waals surface area contributed by atoms with E-state index in [1.165, 1.54) is 6.26 Å². The highest BCUT2D eigenvalue weighted by molar-refractivity contribution is 6.14. The Labute approximate surface area is 133 Å². The quantitative estimate of drug-likeness (QED) is 0.533. The van der Waals surface area contributed by atoms with Crippen molar-refractivity contribution in [3.8, 4) is 0 Å². The average Bonchev–Trinajstić information content (AvgIpc) is 3.09. The standard InChI is InChI=1S/C18H17NO4/c1-3-19(4-2)16-12-8-5-6-9-13(12)23-18(21)15(16)17(20)14-10-7-11-22-14/h5-11H,3-4H2,1-2H3. The van der Waals surface area contributed by atoms with Crippen molar-refractivity contribution in [2.24, 2.45) is 0 Å². The van der Waals surface area contributed by atoms with Gasteiger partial charge in [-0.05, 0) is 38.1 Å². The van der Waals surface area contributed by atoms with Gasteiger partial charge in [-0.15, -0.1) is 0 Å². The third kappa shape index (κ3) is 2.54. The summed E-state index contributed by atoms with van der Waals surface area (Å²) in [4.78, 5) is 27.2. The molecule has 3 aromatic rings. The zero-order valence-corrected chi connectivity index (χ0v) is 13.0. The van der Waals surface area contributed by atoms with E-state index in [0.717, 1.165) is 5.39 Å². The van der Waals surface area contributed by atoms with Gasteiger partial charge < -0.3 is 13.7 Å². The molecule has 1 aromatic carbocycles. The van der Waals surface area contributed by atoms with Gasteiger partial charge in [-0.2, -0.15) is 0 Å². The van der Waals surface area contributed by atoms with Gasteiger partial charge in [0.05, 0.1) is 12.0 Å². The molecule has 0 atom stereocenters. The Kier molecular flexibility index (Phi) is 4.02. The molecule has 2 heterocycles. The third-order valence-electron chi connectivity index (χ3n) is 3.84. The van der Waals surface area contributed by atoms with Gasteiger partial charge in [-0.3, -0.25) is 4.79 Å². The molecular formula is C18H17NO4. The number of fused-ring (bicyclic) bond motifs is 1. The molecule has 0 radical (unpaired) electrons. The first-order valence-corrected chi connectivity index (χ1v) is 7.56. The molecule has 3 rings (SSSR count). The lowest BCUT2D eigenvalue weighted by Gasteiger charge is -2.24. The van der Waals surface area contributed by atoms with Crippen LogP contribution in [0, 0.1) is 0 Å². The lowest BCUT2D eigenvalue weighted by atomic mass is 10.0. The van der Waals surface area contributed by atoms with Crippen LogP contribution < -0.4 is 10.5 Å². The van der Waals surface area contributed by atoms with Crippen molar-refractivity contribution in [1.82, 2.24) is 0 Å². The number of hydrogen-bond acceptors (Lipinski definition) is 5. The Bertz CT molecular complexity index is 889. The normalized spacial score (nSPS) is 10.9. The summed E-state index contributed by atoms with van der Waals surface area (Å²) in [7, 11) is 0. The third-order valence-corrected chi connectivity index (χ3v) is 3.84. The first-order valence-electron chi connectivity index (χ1n) is 7.56. The van der Waals surface area contributed by atoms with E-state index in [0.29, 0.717) is 24.4 Å². The smallest absolute Gasteiger partial charge is 0.349 e. The molecule has 5 heteroatoms. The fourth-order valence-electron chi connectivity index (χ4n) is 2.73. The van der Waals surface area contributed by atoms with Crippen molar-refractivity contribution in [2.45, 2.75) is 13.8 Å². The topological polar surface area (TPSA) is 63.7 Å². The minimum absolute atomic E-state index is 0.0161. The number of carbonyl (C=O) groups is 1. The van der Waals surface area contributed by atoms with E-state index in [2.05, 4.69) is 0 Å². The summed E-state index contributed by atoms with van der Waals surface area (Å²) in [6.45, 7) is 5.30. The number of benzene rings is 1. The number of nitrogens with zero attached hydrogens (tertiary/aromatic N) is 1. The van der Waals surface area contributed by atoms with Crippen molar-refractivity contribution in [2.75, 3.05) is 18.0 Å². The van der Waals surface area contributed by atoms with E-state index in [1.807, 2.05) is 30.9 Å². The van der Waals surface area contributed by atoms with Crippen LogP contribution in [0.15, 0.2) is 56.3 Å². The van der Waals surface area contributed by atoms with Crippen molar-refractivity contribution in [3.05, 3.63) is 64.4 Å². The van der Waals surface area contributed by atoms with E-state index in [-0.39, 0.29) is 11.3 Å². The van der Waals surface area contributed by atoms with Gasteiger partial charge >= 0.3 is 5.63 Å². The molecule has 0 N–H and O–H groups in total. The van der Waals surface area contributed by atoms with Crippen molar-refractivity contribution < 1.29 is 13.6 Å². The highest BCUT2D eigenvalue weighted by Gasteiger charge is 2.26. The number of furan rings is 1. The predicted octanol–water partition coefficient (Wildman–Crippen LogP) is 3.46. The molecule has 0 bridgehead atoms. The second-order valence-corrected chi connectivity index (χ2v) is 5.09. The number of carbonyl (C=O) groups excluding carboxylic acids is 1. The lowest BCUT2D eigenvalue weighted by molar-refractivity contribution is 0.101. The average molecular weight is 311 g/mol. The summed E-state index contributed by atoms with van der Waals surface area (Å²) in [6, 6.07) is 10.4. The molecule has 0 aliphatic heterocycles. The van der Waals surface area contributed by atoms with E-state index < -0.39 is 11.4 Å². The van der Waals surface area contributed by atoms with Crippen LogP contribution in [0.3, 0.4) is 0 Å². The molecule has 23 heavy (non-hydrogen) atoms. The van der Waals surface area contributed by atoms with Gasteiger partial charge in [0.25, 0.3) is 0 Å². The minimum atomic E-state index is -0.646. The number of para-hydroxylation sites is 1. The van der Waals surface area contributed by atoms with Crippen molar-refractivity contribution in [1.29, 1.82) is 0 Å². The number of hydrogen-bond donors (Lipinski definition) is 0. The van der Waals surface area contributed by atoms with E-state index in [4.69, 9.17) is 8.83 Å². The van der Waals surface area contributed by atoms with Gasteiger partial charge in [0, 0.05) is 18.5 Å². The number of ketones is 1. The maximum atomic E-state index is 12.7. The molecular weight excluding hydrogens is 294 g/mol. The number of anilines is 1. The molecule has 5 nitrogen and oxygen atoms in total. The van der Waals surface area contributed by atoms with Crippen molar-refractivity contribution in [3.63, 3.8) is 0 Å². The fraction of sp³-hybridized carbons (Fsp3) is 0.222. The first kappa shape index (κ1) is 15.1. The molecule has 0 aliphatic carbocycles. The fourth-order valence-corrected chi connectivity index (χ4v) is 2.73. The minimum Gasteiger partial charge on any atom is -0.461 e.